The summed E-state index contributed by atoms with van der Waals surface area (Å²) in [5.74, 6) is 0.681. The van der Waals surface area contributed by atoms with Gasteiger partial charge in [0.2, 0.25) is 0 Å². The maximum atomic E-state index is 11.9. The molecular formula is C9H16F3NO. The average Bonchev–Trinajstić information content (AvgIpc) is 2.82. The van der Waals surface area contributed by atoms with E-state index in [1.165, 1.54) is 12.8 Å². The minimum Gasteiger partial charge on any atom is -0.382 e. The molecule has 1 saturated carbocycles. The SMILES string of the molecule is CC(CC1CC1)NCC(O)C(F)(F)F. The molecule has 2 N–H and O–H groups in total. The second-order valence-corrected chi connectivity index (χ2v) is 4.05. The van der Waals surface area contributed by atoms with E-state index in [9.17, 15) is 13.2 Å². The number of halogens is 3. The third-order valence-electron chi connectivity index (χ3n) is 2.42. The van der Waals surface area contributed by atoms with E-state index >= 15 is 0 Å². The van der Waals surface area contributed by atoms with Gasteiger partial charge < -0.3 is 10.4 Å². The Balaban J connectivity index is 2.11. The Bertz CT molecular complexity index is 179. The van der Waals surface area contributed by atoms with Gasteiger partial charge in [-0.3, -0.25) is 0 Å². The Hall–Kier alpha value is -0.290. The van der Waals surface area contributed by atoms with Gasteiger partial charge in [0.05, 0.1) is 0 Å². The first-order valence-electron chi connectivity index (χ1n) is 4.87. The highest BCUT2D eigenvalue weighted by Gasteiger charge is 2.38. The zero-order valence-corrected chi connectivity index (χ0v) is 8.14. The molecule has 1 rings (SSSR count). The molecule has 0 aromatic heterocycles. The molecule has 1 fully saturated rings. The molecular weight excluding hydrogens is 195 g/mol. The van der Waals surface area contributed by atoms with E-state index in [-0.39, 0.29) is 6.04 Å². The summed E-state index contributed by atoms with van der Waals surface area (Å²) < 4.78 is 35.7. The van der Waals surface area contributed by atoms with Crippen LogP contribution in [0, 0.1) is 5.92 Å². The number of rotatable bonds is 5. The van der Waals surface area contributed by atoms with Crippen molar-refractivity contribution in [2.75, 3.05) is 6.54 Å². The van der Waals surface area contributed by atoms with Crippen molar-refractivity contribution < 1.29 is 18.3 Å². The van der Waals surface area contributed by atoms with Crippen LogP contribution in [0.4, 0.5) is 13.2 Å². The van der Waals surface area contributed by atoms with Crippen LogP contribution < -0.4 is 5.32 Å². The number of aliphatic hydroxyl groups is 1. The smallest absolute Gasteiger partial charge is 0.382 e. The van der Waals surface area contributed by atoms with Crippen LogP contribution >= 0.6 is 0 Å². The van der Waals surface area contributed by atoms with Gasteiger partial charge in [-0.15, -0.1) is 0 Å². The lowest BCUT2D eigenvalue weighted by molar-refractivity contribution is -0.202. The van der Waals surface area contributed by atoms with Crippen molar-refractivity contribution in [1.29, 1.82) is 0 Å². The summed E-state index contributed by atoms with van der Waals surface area (Å²) in [6.07, 6.45) is -3.47. The standard InChI is InChI=1S/C9H16F3NO/c1-6(4-7-2-3-7)13-5-8(14)9(10,11)12/h6-8,13-14H,2-5H2,1H3. The van der Waals surface area contributed by atoms with Crippen LogP contribution in [0.2, 0.25) is 0 Å². The van der Waals surface area contributed by atoms with E-state index in [1.54, 1.807) is 0 Å². The fourth-order valence-corrected chi connectivity index (χ4v) is 1.37. The quantitative estimate of drug-likeness (QED) is 0.725. The second-order valence-electron chi connectivity index (χ2n) is 4.05. The maximum Gasteiger partial charge on any atom is 0.415 e. The molecule has 0 saturated heterocycles. The third kappa shape index (κ3) is 4.28. The van der Waals surface area contributed by atoms with Gasteiger partial charge in [-0.1, -0.05) is 12.8 Å². The molecule has 1 aliphatic rings. The molecule has 2 atom stereocenters. The minimum atomic E-state index is -4.51. The maximum absolute atomic E-state index is 11.9. The highest BCUT2D eigenvalue weighted by molar-refractivity contribution is 4.79. The van der Waals surface area contributed by atoms with Crippen LogP contribution in [0.5, 0.6) is 0 Å². The Kier molecular flexibility index (Phi) is 3.78. The Morgan fingerprint density at radius 2 is 2.00 bits per heavy atom. The summed E-state index contributed by atoms with van der Waals surface area (Å²) in [6.45, 7) is 1.44. The van der Waals surface area contributed by atoms with Gasteiger partial charge >= 0.3 is 6.18 Å². The first-order valence-corrected chi connectivity index (χ1v) is 4.87. The van der Waals surface area contributed by atoms with Gasteiger partial charge in [0.1, 0.15) is 0 Å². The molecule has 0 amide bonds. The lowest BCUT2D eigenvalue weighted by atomic mass is 10.1. The summed E-state index contributed by atoms with van der Waals surface area (Å²) in [4.78, 5) is 0. The molecule has 0 bridgehead atoms. The zero-order chi connectivity index (χ0) is 10.8. The summed E-state index contributed by atoms with van der Waals surface area (Å²) in [6, 6.07) is 0.0551. The average molecular weight is 211 g/mol. The van der Waals surface area contributed by atoms with Gasteiger partial charge in [-0.25, -0.2) is 0 Å². The summed E-state index contributed by atoms with van der Waals surface area (Å²) >= 11 is 0. The van der Waals surface area contributed by atoms with Crippen LogP contribution in [0.1, 0.15) is 26.2 Å². The molecule has 0 spiro atoms. The van der Waals surface area contributed by atoms with E-state index in [4.69, 9.17) is 5.11 Å². The number of hydrogen-bond donors (Lipinski definition) is 2. The van der Waals surface area contributed by atoms with Crippen LogP contribution in [0.25, 0.3) is 0 Å². The molecule has 84 valence electrons. The molecule has 0 aromatic rings. The number of hydrogen-bond acceptors (Lipinski definition) is 2. The molecule has 2 unspecified atom stereocenters. The van der Waals surface area contributed by atoms with E-state index in [1.807, 2.05) is 6.92 Å². The van der Waals surface area contributed by atoms with Crippen molar-refractivity contribution in [2.24, 2.45) is 5.92 Å². The van der Waals surface area contributed by atoms with Gasteiger partial charge in [0, 0.05) is 12.6 Å². The highest BCUT2D eigenvalue weighted by atomic mass is 19.4. The first-order chi connectivity index (χ1) is 6.39. The normalized spacial score (nSPS) is 22.1. The molecule has 0 radical (unpaired) electrons. The lowest BCUT2D eigenvalue weighted by Gasteiger charge is -2.18. The molecule has 0 heterocycles. The Morgan fingerprint density at radius 3 is 2.43 bits per heavy atom. The van der Waals surface area contributed by atoms with Crippen molar-refractivity contribution in [2.45, 2.75) is 44.5 Å². The molecule has 2 nitrogen and oxygen atoms in total. The van der Waals surface area contributed by atoms with Crippen LogP contribution in [-0.2, 0) is 0 Å². The van der Waals surface area contributed by atoms with Gasteiger partial charge in [-0.05, 0) is 19.3 Å². The molecule has 14 heavy (non-hydrogen) atoms. The predicted molar refractivity (Wildman–Crippen MR) is 46.9 cm³/mol. The molecule has 5 heteroatoms. The molecule has 0 aromatic carbocycles. The van der Waals surface area contributed by atoms with Crippen LogP contribution in [-0.4, -0.2) is 30.0 Å². The van der Waals surface area contributed by atoms with E-state index in [0.29, 0.717) is 5.92 Å². The summed E-state index contributed by atoms with van der Waals surface area (Å²) in [5, 5.41) is 11.4. The molecule has 1 aliphatic carbocycles. The Labute approximate surface area is 81.5 Å². The Morgan fingerprint density at radius 1 is 1.43 bits per heavy atom. The van der Waals surface area contributed by atoms with Gasteiger partial charge in [0.15, 0.2) is 6.10 Å². The van der Waals surface area contributed by atoms with Crippen molar-refractivity contribution in [1.82, 2.24) is 5.32 Å². The number of nitrogens with one attached hydrogen (secondary N) is 1. The number of alkyl halides is 3. The zero-order valence-electron chi connectivity index (χ0n) is 8.14. The minimum absolute atomic E-state index is 0.0551. The first kappa shape index (κ1) is 11.8. The molecule has 0 aliphatic heterocycles. The van der Waals surface area contributed by atoms with Crippen LogP contribution in [0.15, 0.2) is 0 Å². The third-order valence-corrected chi connectivity index (χ3v) is 2.42. The van der Waals surface area contributed by atoms with Gasteiger partial charge in [-0.2, -0.15) is 13.2 Å². The summed E-state index contributed by atoms with van der Waals surface area (Å²) in [7, 11) is 0. The predicted octanol–water partition coefficient (Wildman–Crippen LogP) is 1.69. The number of aliphatic hydroxyl groups excluding tert-OH is 1. The van der Waals surface area contributed by atoms with Crippen molar-refractivity contribution in [3.63, 3.8) is 0 Å². The van der Waals surface area contributed by atoms with Crippen molar-refractivity contribution in [3.05, 3.63) is 0 Å². The largest absolute Gasteiger partial charge is 0.415 e. The van der Waals surface area contributed by atoms with Gasteiger partial charge in [0.25, 0.3) is 0 Å². The van der Waals surface area contributed by atoms with Crippen molar-refractivity contribution in [3.8, 4) is 0 Å². The second kappa shape index (κ2) is 4.49. The lowest BCUT2D eigenvalue weighted by Crippen LogP contribution is -2.41. The van der Waals surface area contributed by atoms with E-state index in [0.717, 1.165) is 6.42 Å². The summed E-state index contributed by atoms with van der Waals surface area (Å²) in [5.41, 5.74) is 0. The van der Waals surface area contributed by atoms with Crippen LogP contribution in [0.3, 0.4) is 0 Å². The fraction of sp³-hybridized carbons (Fsp3) is 1.00. The highest BCUT2D eigenvalue weighted by Crippen LogP contribution is 2.33. The van der Waals surface area contributed by atoms with E-state index in [2.05, 4.69) is 5.32 Å². The van der Waals surface area contributed by atoms with Crippen molar-refractivity contribution >= 4 is 0 Å². The van der Waals surface area contributed by atoms with E-state index < -0.39 is 18.8 Å². The topological polar surface area (TPSA) is 32.3 Å². The monoisotopic (exact) mass is 211 g/mol. The fourth-order valence-electron chi connectivity index (χ4n) is 1.37.